The summed E-state index contributed by atoms with van der Waals surface area (Å²) in [5.41, 5.74) is 0. The van der Waals surface area contributed by atoms with Crippen molar-refractivity contribution in [2.75, 3.05) is 19.7 Å². The third-order valence-corrected chi connectivity index (χ3v) is 5.02. The summed E-state index contributed by atoms with van der Waals surface area (Å²) in [6, 6.07) is 0. The van der Waals surface area contributed by atoms with Gasteiger partial charge < -0.3 is 9.64 Å². The SMILES string of the molecule is CCCCCCCCCN(CCCCCCCCC)C(=O)/C=C/C(=O)OCC. The lowest BCUT2D eigenvalue weighted by molar-refractivity contribution is -0.137. The minimum absolute atomic E-state index is 0.0648. The molecule has 0 aliphatic carbocycles. The number of carbonyl (C=O) groups is 2. The predicted octanol–water partition coefficient (Wildman–Crippen LogP) is 6.44. The van der Waals surface area contributed by atoms with Crippen molar-refractivity contribution >= 4 is 11.9 Å². The second-order valence-electron chi connectivity index (χ2n) is 7.65. The van der Waals surface area contributed by atoms with Crippen molar-refractivity contribution in [3.63, 3.8) is 0 Å². The molecule has 0 rings (SSSR count). The Morgan fingerprint density at radius 1 is 0.643 bits per heavy atom. The van der Waals surface area contributed by atoms with Gasteiger partial charge in [-0.3, -0.25) is 4.79 Å². The molecule has 0 N–H and O–H groups in total. The number of amides is 1. The molecule has 0 aromatic carbocycles. The van der Waals surface area contributed by atoms with Crippen LogP contribution in [0.4, 0.5) is 0 Å². The second kappa shape index (κ2) is 20.4. The lowest BCUT2D eigenvalue weighted by Crippen LogP contribution is -2.31. The van der Waals surface area contributed by atoms with Crippen molar-refractivity contribution < 1.29 is 14.3 Å². The Labute approximate surface area is 174 Å². The van der Waals surface area contributed by atoms with Gasteiger partial charge in [-0.15, -0.1) is 0 Å². The smallest absolute Gasteiger partial charge is 0.330 e. The molecule has 164 valence electrons. The standard InChI is InChI=1S/C24H45NO3/c1-4-7-9-11-13-15-17-21-25(22-18-16-14-12-10-8-5-2)23(26)19-20-24(27)28-6-3/h19-20H,4-18,21-22H2,1-3H3/b20-19+. The molecule has 0 fully saturated rings. The van der Waals surface area contributed by atoms with Crippen LogP contribution < -0.4 is 0 Å². The van der Waals surface area contributed by atoms with E-state index in [1.807, 2.05) is 4.90 Å². The van der Waals surface area contributed by atoms with Crippen LogP contribution in [0, 0.1) is 0 Å². The summed E-state index contributed by atoms with van der Waals surface area (Å²) in [6.45, 7) is 8.14. The van der Waals surface area contributed by atoms with E-state index in [1.165, 1.54) is 89.2 Å². The summed E-state index contributed by atoms with van der Waals surface area (Å²) < 4.78 is 4.87. The van der Waals surface area contributed by atoms with Crippen LogP contribution in [0.3, 0.4) is 0 Å². The van der Waals surface area contributed by atoms with Crippen molar-refractivity contribution in [2.24, 2.45) is 0 Å². The first kappa shape index (κ1) is 26.7. The number of hydrogen-bond acceptors (Lipinski definition) is 3. The van der Waals surface area contributed by atoms with Gasteiger partial charge >= 0.3 is 5.97 Å². The van der Waals surface area contributed by atoms with Crippen LogP contribution in [-0.4, -0.2) is 36.5 Å². The highest BCUT2D eigenvalue weighted by Crippen LogP contribution is 2.10. The zero-order chi connectivity index (χ0) is 20.9. The molecule has 0 aliphatic rings. The molecule has 0 bridgehead atoms. The Morgan fingerprint density at radius 3 is 1.50 bits per heavy atom. The molecule has 0 saturated carbocycles. The molecular formula is C24H45NO3. The van der Waals surface area contributed by atoms with E-state index in [-0.39, 0.29) is 5.91 Å². The summed E-state index contributed by atoms with van der Waals surface area (Å²) >= 11 is 0. The van der Waals surface area contributed by atoms with E-state index in [2.05, 4.69) is 13.8 Å². The Kier molecular flexibility index (Phi) is 19.5. The largest absolute Gasteiger partial charge is 0.463 e. The van der Waals surface area contributed by atoms with E-state index >= 15 is 0 Å². The monoisotopic (exact) mass is 395 g/mol. The van der Waals surface area contributed by atoms with Crippen molar-refractivity contribution in [1.82, 2.24) is 4.90 Å². The molecule has 0 aromatic heterocycles. The molecule has 0 atom stereocenters. The normalized spacial score (nSPS) is 11.1. The van der Waals surface area contributed by atoms with Crippen LogP contribution in [-0.2, 0) is 14.3 Å². The number of hydrogen-bond donors (Lipinski definition) is 0. The van der Waals surface area contributed by atoms with Gasteiger partial charge in [-0.25, -0.2) is 4.79 Å². The highest BCUT2D eigenvalue weighted by Gasteiger charge is 2.11. The maximum absolute atomic E-state index is 12.5. The fourth-order valence-electron chi connectivity index (χ4n) is 3.29. The number of ether oxygens (including phenoxy) is 1. The van der Waals surface area contributed by atoms with Crippen molar-refractivity contribution in [1.29, 1.82) is 0 Å². The van der Waals surface area contributed by atoms with Crippen molar-refractivity contribution in [3.05, 3.63) is 12.2 Å². The first-order valence-electron chi connectivity index (χ1n) is 11.8. The highest BCUT2D eigenvalue weighted by molar-refractivity contribution is 5.94. The van der Waals surface area contributed by atoms with E-state index in [0.717, 1.165) is 25.9 Å². The minimum atomic E-state index is -0.442. The van der Waals surface area contributed by atoms with Gasteiger partial charge in [0.15, 0.2) is 0 Å². The molecule has 4 nitrogen and oxygen atoms in total. The first-order chi connectivity index (χ1) is 13.7. The maximum Gasteiger partial charge on any atom is 0.330 e. The van der Waals surface area contributed by atoms with E-state index in [4.69, 9.17) is 4.74 Å². The van der Waals surface area contributed by atoms with Crippen LogP contribution in [0.5, 0.6) is 0 Å². The maximum atomic E-state index is 12.5. The summed E-state index contributed by atoms with van der Waals surface area (Å²) in [7, 11) is 0. The number of nitrogens with zero attached hydrogens (tertiary/aromatic N) is 1. The molecule has 0 spiro atoms. The Balaban J connectivity index is 4.25. The molecule has 0 aromatic rings. The Hall–Kier alpha value is -1.32. The molecule has 0 radical (unpaired) electrons. The minimum Gasteiger partial charge on any atom is -0.463 e. The quantitative estimate of drug-likeness (QED) is 0.144. The van der Waals surface area contributed by atoms with E-state index < -0.39 is 5.97 Å². The summed E-state index contributed by atoms with van der Waals surface area (Å²) in [5, 5.41) is 0. The summed E-state index contributed by atoms with van der Waals surface area (Å²) in [6.07, 6.45) is 20.0. The second-order valence-corrected chi connectivity index (χ2v) is 7.65. The molecule has 0 heterocycles. The van der Waals surface area contributed by atoms with Crippen molar-refractivity contribution in [2.45, 2.75) is 111 Å². The Bertz CT molecular complexity index is 389. The number of unbranched alkanes of at least 4 members (excludes halogenated alkanes) is 12. The third kappa shape index (κ3) is 16.8. The molecular weight excluding hydrogens is 350 g/mol. The van der Waals surface area contributed by atoms with Gasteiger partial charge in [-0.1, -0.05) is 90.9 Å². The zero-order valence-corrected chi connectivity index (χ0v) is 18.8. The lowest BCUT2D eigenvalue weighted by Gasteiger charge is -2.21. The summed E-state index contributed by atoms with van der Waals surface area (Å²) in [5.74, 6) is -0.507. The van der Waals surface area contributed by atoms with Crippen molar-refractivity contribution in [3.8, 4) is 0 Å². The van der Waals surface area contributed by atoms with Crippen LogP contribution >= 0.6 is 0 Å². The molecule has 0 saturated heterocycles. The average Bonchev–Trinajstić information content (AvgIpc) is 2.69. The van der Waals surface area contributed by atoms with Crippen LogP contribution in [0.15, 0.2) is 12.2 Å². The van der Waals surface area contributed by atoms with E-state index in [9.17, 15) is 9.59 Å². The predicted molar refractivity (Wildman–Crippen MR) is 118 cm³/mol. The van der Waals surface area contributed by atoms with Gasteiger partial charge in [0.25, 0.3) is 0 Å². The van der Waals surface area contributed by atoms with Crippen LogP contribution in [0.25, 0.3) is 0 Å². The number of carbonyl (C=O) groups excluding carboxylic acids is 2. The zero-order valence-electron chi connectivity index (χ0n) is 18.8. The van der Waals surface area contributed by atoms with E-state index in [0.29, 0.717) is 6.61 Å². The van der Waals surface area contributed by atoms with E-state index in [1.54, 1.807) is 6.92 Å². The van der Waals surface area contributed by atoms with Gasteiger partial charge in [0.05, 0.1) is 6.61 Å². The van der Waals surface area contributed by atoms with Gasteiger partial charge in [-0.2, -0.15) is 0 Å². The Morgan fingerprint density at radius 2 is 1.07 bits per heavy atom. The lowest BCUT2D eigenvalue weighted by atomic mass is 10.1. The van der Waals surface area contributed by atoms with Crippen LogP contribution in [0.1, 0.15) is 111 Å². The van der Waals surface area contributed by atoms with Gasteiger partial charge in [0.1, 0.15) is 0 Å². The van der Waals surface area contributed by atoms with Crippen LogP contribution in [0.2, 0.25) is 0 Å². The number of esters is 1. The van der Waals surface area contributed by atoms with Gasteiger partial charge in [0, 0.05) is 25.2 Å². The average molecular weight is 396 g/mol. The molecule has 28 heavy (non-hydrogen) atoms. The molecule has 0 aliphatic heterocycles. The molecule has 1 amide bonds. The fourth-order valence-corrected chi connectivity index (χ4v) is 3.29. The highest BCUT2D eigenvalue weighted by atomic mass is 16.5. The van der Waals surface area contributed by atoms with Gasteiger partial charge in [0.2, 0.25) is 5.91 Å². The molecule has 0 unspecified atom stereocenters. The molecule has 4 heteroatoms. The first-order valence-corrected chi connectivity index (χ1v) is 11.8. The third-order valence-electron chi connectivity index (χ3n) is 5.02. The summed E-state index contributed by atoms with van der Waals surface area (Å²) in [4.78, 5) is 25.9. The van der Waals surface area contributed by atoms with Gasteiger partial charge in [-0.05, 0) is 19.8 Å². The topological polar surface area (TPSA) is 46.6 Å². The fraction of sp³-hybridized carbons (Fsp3) is 0.833. The number of rotatable bonds is 19.